The molecule has 36 heavy (non-hydrogen) atoms. The Morgan fingerprint density at radius 1 is 1.14 bits per heavy atom. The van der Waals surface area contributed by atoms with Gasteiger partial charge in [0.15, 0.2) is 9.47 Å². The fraction of sp³-hybridized carbons (Fsp3) is 0.148. The van der Waals surface area contributed by atoms with Gasteiger partial charge in [0, 0.05) is 11.6 Å². The summed E-state index contributed by atoms with van der Waals surface area (Å²) in [6, 6.07) is 19.5. The number of furan rings is 1. The molecule has 0 saturated carbocycles. The maximum absolute atomic E-state index is 13.7. The number of nitrogens with zero attached hydrogens (tertiary/aromatic N) is 2. The lowest BCUT2D eigenvalue weighted by molar-refractivity contribution is -0.138. The smallest absolute Gasteiger partial charge is 0.338 e. The van der Waals surface area contributed by atoms with Gasteiger partial charge in [0.25, 0.3) is 5.56 Å². The molecule has 0 fully saturated rings. The predicted molar refractivity (Wildman–Crippen MR) is 140 cm³/mol. The van der Waals surface area contributed by atoms with E-state index in [0.29, 0.717) is 36.8 Å². The number of fused-ring (bicyclic) bond motifs is 1. The van der Waals surface area contributed by atoms with Crippen LogP contribution in [0.25, 0.3) is 11.8 Å². The molecule has 7 nitrogen and oxygen atoms in total. The number of benzene rings is 2. The summed E-state index contributed by atoms with van der Waals surface area (Å²) in [5.74, 6) is 0.672. The Bertz CT molecular complexity index is 1630. The van der Waals surface area contributed by atoms with E-state index >= 15 is 0 Å². The van der Waals surface area contributed by atoms with Crippen molar-refractivity contribution in [3.8, 4) is 5.75 Å². The number of ether oxygens (including phenoxy) is 2. The minimum absolute atomic E-state index is 0.192. The van der Waals surface area contributed by atoms with Gasteiger partial charge in [0.1, 0.15) is 11.5 Å². The van der Waals surface area contributed by atoms with Crippen molar-refractivity contribution >= 4 is 45.0 Å². The molecular formula is C27H21BrN2O5S. The number of rotatable bonds is 6. The van der Waals surface area contributed by atoms with Gasteiger partial charge in [-0.15, -0.1) is 0 Å². The Balaban J connectivity index is 1.82. The molecule has 0 bridgehead atoms. The van der Waals surface area contributed by atoms with Crippen LogP contribution < -0.4 is 19.6 Å². The lowest BCUT2D eigenvalue weighted by Crippen LogP contribution is -2.40. The summed E-state index contributed by atoms with van der Waals surface area (Å²) in [6.45, 7) is 1.94. The maximum atomic E-state index is 13.7. The average Bonchev–Trinajstić information content (AvgIpc) is 3.45. The summed E-state index contributed by atoms with van der Waals surface area (Å²) in [5.41, 5.74) is 1.99. The third-order valence-electron chi connectivity index (χ3n) is 5.67. The summed E-state index contributed by atoms with van der Waals surface area (Å²) in [5, 5.41) is 0. The van der Waals surface area contributed by atoms with E-state index in [0.717, 1.165) is 11.1 Å². The first-order valence-corrected chi connectivity index (χ1v) is 12.8. The minimum Gasteiger partial charge on any atom is -0.497 e. The molecule has 0 amide bonds. The number of methoxy groups -OCH3 is 1. The number of carbonyl (C=O) groups excluding carboxylic acids is 1. The molecule has 9 heteroatoms. The Morgan fingerprint density at radius 2 is 1.89 bits per heavy atom. The lowest BCUT2D eigenvalue weighted by atomic mass is 9.93. The SMILES string of the molecule is CCOC(=O)C1=C(c2ccccc2)N=c2s/c(=C\c3ccc(Br)o3)c(=O)n2C1c1ccc(OC)cc1. The lowest BCUT2D eigenvalue weighted by Gasteiger charge is -2.26. The first kappa shape index (κ1) is 24.0. The number of thiazole rings is 1. The Hall–Kier alpha value is -3.69. The number of halogens is 1. The van der Waals surface area contributed by atoms with Crippen LogP contribution in [0.15, 0.2) is 91.2 Å². The Labute approximate surface area is 218 Å². The molecule has 4 aromatic rings. The van der Waals surface area contributed by atoms with Gasteiger partial charge in [-0.3, -0.25) is 9.36 Å². The van der Waals surface area contributed by atoms with Crippen molar-refractivity contribution < 1.29 is 18.7 Å². The van der Waals surface area contributed by atoms with Crippen LogP contribution in [0, 0.1) is 0 Å². The van der Waals surface area contributed by atoms with Gasteiger partial charge in [-0.05, 0) is 52.7 Å². The molecule has 0 spiro atoms. The molecule has 0 N–H and O–H groups in total. The largest absolute Gasteiger partial charge is 0.497 e. The van der Waals surface area contributed by atoms with Gasteiger partial charge < -0.3 is 13.9 Å². The van der Waals surface area contributed by atoms with Crippen molar-refractivity contribution in [2.45, 2.75) is 13.0 Å². The van der Waals surface area contributed by atoms with Crippen LogP contribution in [0.1, 0.15) is 29.9 Å². The van der Waals surface area contributed by atoms with Crippen LogP contribution in [-0.2, 0) is 9.53 Å². The standard InChI is InChI=1S/C27H21BrN2O5S/c1-3-34-26(32)22-23(16-7-5-4-6-8-16)29-27-30(24(22)17-9-11-18(33-2)12-10-17)25(31)20(36-27)15-19-13-14-21(28)35-19/h4-15,24H,3H2,1-2H3/b20-15-. The van der Waals surface area contributed by atoms with Crippen molar-refractivity contribution in [3.63, 3.8) is 0 Å². The summed E-state index contributed by atoms with van der Waals surface area (Å²) in [7, 11) is 1.59. The topological polar surface area (TPSA) is 83.0 Å². The van der Waals surface area contributed by atoms with Crippen molar-refractivity contribution in [1.29, 1.82) is 0 Å². The van der Waals surface area contributed by atoms with Crippen LogP contribution in [-0.4, -0.2) is 24.3 Å². The summed E-state index contributed by atoms with van der Waals surface area (Å²) in [6.07, 6.45) is 1.68. The van der Waals surface area contributed by atoms with E-state index in [1.165, 1.54) is 11.3 Å². The van der Waals surface area contributed by atoms with Crippen LogP contribution in [0.3, 0.4) is 0 Å². The molecule has 0 radical (unpaired) electrons. The van der Waals surface area contributed by atoms with Crippen LogP contribution in [0.5, 0.6) is 5.75 Å². The first-order valence-electron chi connectivity index (χ1n) is 11.2. The molecular weight excluding hydrogens is 544 g/mol. The van der Waals surface area contributed by atoms with E-state index in [4.69, 9.17) is 18.9 Å². The number of aromatic nitrogens is 1. The van der Waals surface area contributed by atoms with Gasteiger partial charge in [-0.1, -0.05) is 53.8 Å². The molecule has 0 aliphatic carbocycles. The van der Waals surface area contributed by atoms with Crippen LogP contribution in [0.4, 0.5) is 0 Å². The second-order valence-electron chi connectivity index (χ2n) is 7.85. The molecule has 2 aromatic carbocycles. The molecule has 5 rings (SSSR count). The minimum atomic E-state index is -0.744. The summed E-state index contributed by atoms with van der Waals surface area (Å²) in [4.78, 5) is 32.4. The average molecular weight is 565 g/mol. The van der Waals surface area contributed by atoms with Gasteiger partial charge in [-0.2, -0.15) is 0 Å². The normalized spacial score (nSPS) is 15.4. The van der Waals surface area contributed by atoms with Gasteiger partial charge in [0.05, 0.1) is 35.6 Å². The van der Waals surface area contributed by atoms with Crippen molar-refractivity contribution in [2.24, 2.45) is 4.99 Å². The van der Waals surface area contributed by atoms with Crippen molar-refractivity contribution in [3.05, 3.63) is 114 Å². The number of hydrogen-bond donors (Lipinski definition) is 0. The third-order valence-corrected chi connectivity index (χ3v) is 7.08. The quantitative estimate of drug-likeness (QED) is 0.326. The second kappa shape index (κ2) is 10.1. The monoisotopic (exact) mass is 564 g/mol. The van der Waals surface area contributed by atoms with Gasteiger partial charge >= 0.3 is 5.97 Å². The van der Waals surface area contributed by atoms with E-state index < -0.39 is 12.0 Å². The highest BCUT2D eigenvalue weighted by Crippen LogP contribution is 2.35. The number of carbonyl (C=O) groups is 1. The molecule has 0 saturated heterocycles. The zero-order valence-electron chi connectivity index (χ0n) is 19.4. The zero-order valence-corrected chi connectivity index (χ0v) is 21.8. The Kier molecular flexibility index (Phi) is 6.75. The van der Waals surface area contributed by atoms with Gasteiger partial charge in [0.2, 0.25) is 0 Å². The van der Waals surface area contributed by atoms with E-state index in [9.17, 15) is 9.59 Å². The summed E-state index contributed by atoms with van der Waals surface area (Å²) >= 11 is 4.53. The third kappa shape index (κ3) is 4.47. The molecule has 1 unspecified atom stereocenters. The van der Waals surface area contributed by atoms with E-state index in [1.807, 2.05) is 42.5 Å². The number of esters is 1. The number of hydrogen-bond acceptors (Lipinski definition) is 7. The highest BCUT2D eigenvalue weighted by Gasteiger charge is 2.35. The first-order chi connectivity index (χ1) is 17.5. The van der Waals surface area contributed by atoms with Gasteiger partial charge in [-0.25, -0.2) is 9.79 Å². The van der Waals surface area contributed by atoms with Crippen molar-refractivity contribution in [2.75, 3.05) is 13.7 Å². The molecule has 3 heterocycles. The van der Waals surface area contributed by atoms with Crippen LogP contribution >= 0.6 is 27.3 Å². The van der Waals surface area contributed by atoms with Crippen molar-refractivity contribution in [1.82, 2.24) is 4.57 Å². The fourth-order valence-corrected chi connectivity index (χ4v) is 5.38. The molecule has 1 aliphatic heterocycles. The highest BCUT2D eigenvalue weighted by atomic mass is 79.9. The highest BCUT2D eigenvalue weighted by molar-refractivity contribution is 9.10. The second-order valence-corrected chi connectivity index (χ2v) is 9.64. The fourth-order valence-electron chi connectivity index (χ4n) is 4.08. The zero-order chi connectivity index (χ0) is 25.2. The maximum Gasteiger partial charge on any atom is 0.338 e. The molecule has 1 atom stereocenters. The van der Waals surface area contributed by atoms with Crippen LogP contribution in [0.2, 0.25) is 0 Å². The van der Waals surface area contributed by atoms with E-state index in [2.05, 4.69) is 15.9 Å². The van der Waals surface area contributed by atoms with E-state index in [-0.39, 0.29) is 12.2 Å². The molecule has 1 aliphatic rings. The summed E-state index contributed by atoms with van der Waals surface area (Å²) < 4.78 is 18.9. The van der Waals surface area contributed by atoms with E-state index in [1.54, 1.807) is 48.9 Å². The predicted octanol–water partition coefficient (Wildman–Crippen LogP) is 4.30. The molecule has 2 aromatic heterocycles. The Morgan fingerprint density at radius 3 is 2.53 bits per heavy atom. The molecule has 182 valence electrons.